The van der Waals surface area contributed by atoms with Crippen LogP contribution in [0.5, 0.6) is 5.75 Å². The Balaban J connectivity index is 1.87. The molecule has 3 aliphatic rings. The van der Waals surface area contributed by atoms with Crippen LogP contribution in [0.25, 0.3) is 0 Å². The quantitative estimate of drug-likeness (QED) is 0.304. The lowest BCUT2D eigenvalue weighted by molar-refractivity contribution is -0.143. The zero-order valence-corrected chi connectivity index (χ0v) is 22.6. The highest BCUT2D eigenvalue weighted by Gasteiger charge is 2.62. The molecule has 7 N–H and O–H groups in total. The molecule has 0 aliphatic heterocycles. The van der Waals surface area contributed by atoms with Gasteiger partial charge in [0.25, 0.3) is 5.91 Å². The summed E-state index contributed by atoms with van der Waals surface area (Å²) in [5.41, 5.74) is 3.34. The molecule has 0 radical (unpaired) electrons. The fourth-order valence-electron chi connectivity index (χ4n) is 6.28. The van der Waals surface area contributed by atoms with Crippen molar-refractivity contribution in [2.75, 3.05) is 20.6 Å². The van der Waals surface area contributed by atoms with Crippen molar-refractivity contribution in [2.24, 2.45) is 23.0 Å². The number of hydrogen-bond acceptors (Lipinski definition) is 9. The summed E-state index contributed by atoms with van der Waals surface area (Å²) >= 11 is 0. The second-order valence-corrected chi connectivity index (χ2v) is 12.1. The van der Waals surface area contributed by atoms with Crippen molar-refractivity contribution in [2.45, 2.75) is 57.9 Å². The molecule has 6 atom stereocenters. The topological polar surface area (TPSA) is 173 Å². The lowest BCUT2D eigenvalue weighted by Crippen LogP contribution is -2.66. The van der Waals surface area contributed by atoms with Crippen molar-refractivity contribution in [1.29, 1.82) is 0 Å². The standard InChI is InChI=1S/C28H37N3O7/c1-12-14-8-7-13(10-30-11-27(2,3)4)21(32)17(14)22(33)15-9-28(38)19(23(34)16(12)15)20(31(5)6)24(35)18(25(28)36)26(29)37/h7-9,12,16,19-20,23,30,32,34,36,38H,10-11H2,1-6H3,(H2,29,37)/t12-,16?,19?,20-,23?,28+/m0/s1. The van der Waals surface area contributed by atoms with E-state index in [4.69, 9.17) is 5.73 Å². The first-order valence-electron chi connectivity index (χ1n) is 12.7. The van der Waals surface area contributed by atoms with Gasteiger partial charge in [0, 0.05) is 36.1 Å². The van der Waals surface area contributed by atoms with Crippen LogP contribution in [-0.4, -0.2) is 81.2 Å². The maximum Gasteiger partial charge on any atom is 0.255 e. The number of carbonyl (C=O) groups is 3. The smallest absolute Gasteiger partial charge is 0.255 e. The van der Waals surface area contributed by atoms with Crippen LogP contribution in [0.4, 0.5) is 0 Å². The van der Waals surface area contributed by atoms with Gasteiger partial charge in [-0.15, -0.1) is 0 Å². The Labute approximate surface area is 221 Å². The van der Waals surface area contributed by atoms with Gasteiger partial charge in [0.05, 0.1) is 17.7 Å². The molecule has 0 spiro atoms. The van der Waals surface area contributed by atoms with Gasteiger partial charge in [0.1, 0.15) is 22.7 Å². The lowest BCUT2D eigenvalue weighted by Gasteiger charge is -2.52. The van der Waals surface area contributed by atoms with Crippen LogP contribution in [0.15, 0.2) is 35.1 Å². The molecular weight excluding hydrogens is 490 g/mol. The van der Waals surface area contributed by atoms with E-state index in [0.717, 1.165) is 6.08 Å². The number of rotatable bonds is 5. The molecule has 4 rings (SSSR count). The highest BCUT2D eigenvalue weighted by Crippen LogP contribution is 2.54. The third kappa shape index (κ3) is 4.16. The minimum Gasteiger partial charge on any atom is -0.508 e. The SMILES string of the molecule is C[C@H]1c2ccc(CNCC(C)(C)C)c(O)c2C(=O)C2=C[C@]3(O)C(O)=C(C(N)=O)C(=O)[C@@H](N(C)C)C3C(O)C21. The molecule has 0 bridgehead atoms. The Morgan fingerprint density at radius 1 is 1.18 bits per heavy atom. The van der Waals surface area contributed by atoms with E-state index in [1.54, 1.807) is 33.2 Å². The zero-order valence-electron chi connectivity index (χ0n) is 22.6. The van der Waals surface area contributed by atoms with Crippen molar-refractivity contribution in [3.63, 3.8) is 0 Å². The number of likely N-dealkylation sites (N-methyl/N-ethyl adjacent to an activating group) is 1. The Morgan fingerprint density at radius 3 is 2.37 bits per heavy atom. The van der Waals surface area contributed by atoms with Gasteiger partial charge in [-0.2, -0.15) is 0 Å². The molecule has 0 heterocycles. The van der Waals surface area contributed by atoms with Gasteiger partial charge < -0.3 is 31.5 Å². The second-order valence-electron chi connectivity index (χ2n) is 12.1. The summed E-state index contributed by atoms with van der Waals surface area (Å²) < 4.78 is 0. The number of phenolic OH excluding ortho intramolecular Hbond substituents is 1. The fraction of sp³-hybridized carbons (Fsp3) is 0.536. The number of aromatic hydroxyl groups is 1. The number of hydrogen-bond donors (Lipinski definition) is 6. The molecule has 206 valence electrons. The number of amides is 1. The highest BCUT2D eigenvalue weighted by molar-refractivity contribution is 6.22. The number of aliphatic hydroxyl groups excluding tert-OH is 2. The van der Waals surface area contributed by atoms with Crippen LogP contribution < -0.4 is 11.1 Å². The second kappa shape index (κ2) is 9.30. The van der Waals surface area contributed by atoms with Crippen LogP contribution in [-0.2, 0) is 16.1 Å². The van der Waals surface area contributed by atoms with Crippen molar-refractivity contribution in [3.05, 3.63) is 51.8 Å². The predicted octanol–water partition coefficient (Wildman–Crippen LogP) is 0.902. The first kappa shape index (κ1) is 28.0. The summed E-state index contributed by atoms with van der Waals surface area (Å²) in [4.78, 5) is 40.6. The molecule has 38 heavy (non-hydrogen) atoms. The van der Waals surface area contributed by atoms with Gasteiger partial charge in [-0.25, -0.2) is 0 Å². The van der Waals surface area contributed by atoms with E-state index in [1.807, 2.05) is 0 Å². The average Bonchev–Trinajstić information content (AvgIpc) is 2.78. The lowest BCUT2D eigenvalue weighted by atomic mass is 9.56. The van der Waals surface area contributed by atoms with Crippen LogP contribution in [0.2, 0.25) is 0 Å². The van der Waals surface area contributed by atoms with Crippen LogP contribution >= 0.6 is 0 Å². The number of benzene rings is 1. The molecule has 0 saturated carbocycles. The summed E-state index contributed by atoms with van der Waals surface area (Å²) in [5, 5.41) is 48.7. The average molecular weight is 528 g/mol. The number of nitrogens with two attached hydrogens (primary N) is 1. The number of nitrogens with zero attached hydrogens (tertiary/aromatic N) is 1. The Bertz CT molecular complexity index is 1280. The molecule has 3 aliphatic carbocycles. The molecule has 0 aromatic heterocycles. The molecule has 0 saturated heterocycles. The van der Waals surface area contributed by atoms with Crippen molar-refractivity contribution < 1.29 is 34.8 Å². The molecule has 1 amide bonds. The Morgan fingerprint density at radius 2 is 1.82 bits per heavy atom. The number of fused-ring (bicyclic) bond motifs is 3. The van der Waals surface area contributed by atoms with Gasteiger partial charge >= 0.3 is 0 Å². The normalized spacial score (nSPS) is 31.1. The number of carbonyl (C=O) groups excluding carboxylic acids is 3. The van der Waals surface area contributed by atoms with Gasteiger partial charge in [-0.1, -0.05) is 39.8 Å². The Hall–Kier alpha value is -3.05. The van der Waals surface area contributed by atoms with E-state index in [2.05, 4.69) is 26.1 Å². The predicted molar refractivity (Wildman–Crippen MR) is 139 cm³/mol. The number of phenols is 1. The minimum atomic E-state index is -2.41. The van der Waals surface area contributed by atoms with Gasteiger partial charge in [0.2, 0.25) is 0 Å². The van der Waals surface area contributed by atoms with Gasteiger partial charge in [-0.05, 0) is 37.1 Å². The molecule has 3 unspecified atom stereocenters. The van der Waals surface area contributed by atoms with Crippen molar-refractivity contribution in [1.82, 2.24) is 10.2 Å². The van der Waals surface area contributed by atoms with Crippen molar-refractivity contribution >= 4 is 17.5 Å². The maximum atomic E-state index is 13.8. The number of aliphatic hydroxyl groups is 3. The Kier molecular flexibility index (Phi) is 6.85. The van der Waals surface area contributed by atoms with Gasteiger partial charge in [-0.3, -0.25) is 19.3 Å². The summed E-state index contributed by atoms with van der Waals surface area (Å²) in [6.07, 6.45) is -0.322. The van der Waals surface area contributed by atoms with Crippen LogP contribution in [0.3, 0.4) is 0 Å². The zero-order chi connectivity index (χ0) is 28.5. The first-order chi connectivity index (χ1) is 17.5. The number of ketones is 2. The van der Waals surface area contributed by atoms with Gasteiger partial charge in [0.15, 0.2) is 11.6 Å². The summed E-state index contributed by atoms with van der Waals surface area (Å²) in [7, 11) is 3.10. The molecule has 10 heteroatoms. The first-order valence-corrected chi connectivity index (χ1v) is 12.7. The monoisotopic (exact) mass is 527 g/mol. The molecule has 0 fully saturated rings. The third-order valence-corrected chi connectivity index (χ3v) is 8.04. The summed E-state index contributed by atoms with van der Waals surface area (Å²) in [6, 6.07) is 2.31. The number of Topliss-reactive ketones (excluding diaryl/α,β-unsaturated/α-hetero) is 2. The number of nitrogens with one attached hydrogen (secondary N) is 1. The third-order valence-electron chi connectivity index (χ3n) is 8.04. The van der Waals surface area contributed by atoms with Crippen molar-refractivity contribution in [3.8, 4) is 5.75 Å². The van der Waals surface area contributed by atoms with Crippen LogP contribution in [0.1, 0.15) is 55.1 Å². The van der Waals surface area contributed by atoms with Crippen LogP contribution in [0, 0.1) is 17.3 Å². The minimum absolute atomic E-state index is 0.00595. The summed E-state index contributed by atoms with van der Waals surface area (Å²) in [6.45, 7) is 9.03. The highest BCUT2D eigenvalue weighted by atomic mass is 16.3. The van der Waals surface area contributed by atoms with E-state index < -0.39 is 64.3 Å². The molecule has 1 aromatic carbocycles. The van der Waals surface area contributed by atoms with E-state index in [1.165, 1.54) is 4.90 Å². The maximum absolute atomic E-state index is 13.8. The number of primary amides is 1. The van der Waals surface area contributed by atoms with E-state index >= 15 is 0 Å². The van der Waals surface area contributed by atoms with E-state index in [0.29, 0.717) is 24.2 Å². The van der Waals surface area contributed by atoms with E-state index in [9.17, 15) is 34.8 Å². The van der Waals surface area contributed by atoms with E-state index in [-0.39, 0.29) is 22.3 Å². The molecular formula is C28H37N3O7. The fourth-order valence-corrected chi connectivity index (χ4v) is 6.28. The summed E-state index contributed by atoms with van der Waals surface area (Å²) in [5.74, 6) is -6.40. The largest absolute Gasteiger partial charge is 0.508 e. The molecule has 1 aromatic rings. The molecule has 10 nitrogen and oxygen atoms in total.